The molecule has 0 fully saturated rings. The fourth-order valence-corrected chi connectivity index (χ4v) is 1.90. The first-order valence-electron chi connectivity index (χ1n) is 5.00. The summed E-state index contributed by atoms with van der Waals surface area (Å²) in [5.74, 6) is 0. The average molecular weight is 182 g/mol. The number of hydrogen-bond acceptors (Lipinski definition) is 2. The highest BCUT2D eigenvalue weighted by molar-refractivity contribution is 5.13. The minimum Gasteiger partial charge on any atom is -0.375 e. The molecule has 0 unspecified atom stereocenters. The molecular formula is C11H22N2. The van der Waals surface area contributed by atoms with Crippen LogP contribution in [-0.4, -0.2) is 35.5 Å². The molecule has 0 atom stereocenters. The second-order valence-corrected chi connectivity index (χ2v) is 4.91. The summed E-state index contributed by atoms with van der Waals surface area (Å²) >= 11 is 0. The van der Waals surface area contributed by atoms with Gasteiger partial charge in [-0.05, 0) is 34.6 Å². The van der Waals surface area contributed by atoms with Gasteiger partial charge in [-0.1, -0.05) is 0 Å². The first-order chi connectivity index (χ1) is 5.84. The van der Waals surface area contributed by atoms with Crippen LogP contribution in [0.3, 0.4) is 0 Å². The predicted octanol–water partition coefficient (Wildman–Crippen LogP) is 2.28. The first kappa shape index (κ1) is 10.4. The van der Waals surface area contributed by atoms with Crippen LogP contribution in [-0.2, 0) is 0 Å². The maximum absolute atomic E-state index is 2.49. The molecule has 0 amide bonds. The molecule has 0 aromatic rings. The molecular weight excluding hydrogens is 160 g/mol. The van der Waals surface area contributed by atoms with E-state index in [1.807, 2.05) is 0 Å². The SMILES string of the molecule is CC1=C(C)N(C(C)(C)C)CCN1C. The lowest BCUT2D eigenvalue weighted by Gasteiger charge is -2.44. The second-order valence-electron chi connectivity index (χ2n) is 4.91. The van der Waals surface area contributed by atoms with Crippen molar-refractivity contribution in [1.82, 2.24) is 9.80 Å². The van der Waals surface area contributed by atoms with Crippen LogP contribution in [0.1, 0.15) is 34.6 Å². The molecule has 0 spiro atoms. The van der Waals surface area contributed by atoms with E-state index < -0.39 is 0 Å². The van der Waals surface area contributed by atoms with E-state index in [-0.39, 0.29) is 5.54 Å². The van der Waals surface area contributed by atoms with Crippen molar-refractivity contribution in [3.05, 3.63) is 11.4 Å². The quantitative estimate of drug-likeness (QED) is 0.567. The highest BCUT2D eigenvalue weighted by Gasteiger charge is 2.26. The third-order valence-electron chi connectivity index (χ3n) is 2.97. The summed E-state index contributed by atoms with van der Waals surface area (Å²) in [4.78, 5) is 4.82. The predicted molar refractivity (Wildman–Crippen MR) is 57.5 cm³/mol. The van der Waals surface area contributed by atoms with Crippen LogP contribution in [0.4, 0.5) is 0 Å². The van der Waals surface area contributed by atoms with Gasteiger partial charge >= 0.3 is 0 Å². The average Bonchev–Trinajstić information content (AvgIpc) is 1.98. The molecule has 0 bridgehead atoms. The number of rotatable bonds is 0. The normalized spacial score (nSPS) is 19.8. The van der Waals surface area contributed by atoms with E-state index in [1.165, 1.54) is 11.4 Å². The topological polar surface area (TPSA) is 6.48 Å². The molecule has 0 N–H and O–H groups in total. The van der Waals surface area contributed by atoms with E-state index in [9.17, 15) is 0 Å². The molecule has 2 nitrogen and oxygen atoms in total. The Labute approximate surface area is 82.2 Å². The van der Waals surface area contributed by atoms with Crippen LogP contribution in [0.25, 0.3) is 0 Å². The monoisotopic (exact) mass is 182 g/mol. The molecule has 0 saturated carbocycles. The van der Waals surface area contributed by atoms with Crippen molar-refractivity contribution in [2.24, 2.45) is 0 Å². The Morgan fingerprint density at radius 3 is 2.00 bits per heavy atom. The Morgan fingerprint density at radius 2 is 1.54 bits per heavy atom. The van der Waals surface area contributed by atoms with Crippen LogP contribution >= 0.6 is 0 Å². The molecule has 0 saturated heterocycles. The Bertz CT molecular complexity index is 223. The van der Waals surface area contributed by atoms with Gasteiger partial charge in [-0.25, -0.2) is 0 Å². The summed E-state index contributed by atoms with van der Waals surface area (Å²) < 4.78 is 0. The highest BCUT2D eigenvalue weighted by Crippen LogP contribution is 2.25. The minimum atomic E-state index is 0.257. The van der Waals surface area contributed by atoms with Crippen molar-refractivity contribution in [3.63, 3.8) is 0 Å². The van der Waals surface area contributed by atoms with E-state index in [0.29, 0.717) is 0 Å². The lowest BCUT2D eigenvalue weighted by molar-refractivity contribution is 0.143. The van der Waals surface area contributed by atoms with Gasteiger partial charge in [0, 0.05) is 37.1 Å². The summed E-state index contributed by atoms with van der Waals surface area (Å²) in [5.41, 5.74) is 3.08. The van der Waals surface area contributed by atoms with E-state index in [0.717, 1.165) is 13.1 Å². The minimum absolute atomic E-state index is 0.257. The molecule has 1 aliphatic heterocycles. The molecule has 13 heavy (non-hydrogen) atoms. The molecule has 1 rings (SSSR count). The van der Waals surface area contributed by atoms with Crippen molar-refractivity contribution in [1.29, 1.82) is 0 Å². The Morgan fingerprint density at radius 1 is 1.00 bits per heavy atom. The smallest absolute Gasteiger partial charge is 0.0356 e. The highest BCUT2D eigenvalue weighted by atomic mass is 15.3. The van der Waals surface area contributed by atoms with Crippen molar-refractivity contribution >= 4 is 0 Å². The van der Waals surface area contributed by atoms with Gasteiger partial charge in [0.1, 0.15) is 0 Å². The zero-order chi connectivity index (χ0) is 10.2. The molecule has 0 aromatic heterocycles. The molecule has 2 heteroatoms. The van der Waals surface area contributed by atoms with Crippen LogP contribution < -0.4 is 0 Å². The first-order valence-corrected chi connectivity index (χ1v) is 5.00. The van der Waals surface area contributed by atoms with Crippen LogP contribution in [0.2, 0.25) is 0 Å². The van der Waals surface area contributed by atoms with Crippen molar-refractivity contribution in [2.45, 2.75) is 40.2 Å². The third kappa shape index (κ3) is 1.98. The van der Waals surface area contributed by atoms with Gasteiger partial charge in [0.05, 0.1) is 0 Å². The van der Waals surface area contributed by atoms with Gasteiger partial charge in [-0.15, -0.1) is 0 Å². The van der Waals surface area contributed by atoms with Gasteiger partial charge < -0.3 is 9.80 Å². The largest absolute Gasteiger partial charge is 0.375 e. The molecule has 76 valence electrons. The van der Waals surface area contributed by atoms with E-state index >= 15 is 0 Å². The lowest BCUT2D eigenvalue weighted by Crippen LogP contribution is -2.47. The van der Waals surface area contributed by atoms with Gasteiger partial charge in [-0.2, -0.15) is 0 Å². The number of hydrogen-bond donors (Lipinski definition) is 0. The van der Waals surface area contributed by atoms with Crippen LogP contribution in [0.15, 0.2) is 11.4 Å². The van der Waals surface area contributed by atoms with Gasteiger partial charge in [0.25, 0.3) is 0 Å². The summed E-state index contributed by atoms with van der Waals surface area (Å²) in [6.07, 6.45) is 0. The maximum atomic E-state index is 2.49. The van der Waals surface area contributed by atoms with Crippen molar-refractivity contribution in [3.8, 4) is 0 Å². The van der Waals surface area contributed by atoms with E-state index in [2.05, 4.69) is 51.5 Å². The van der Waals surface area contributed by atoms with E-state index in [1.54, 1.807) is 0 Å². The zero-order valence-electron chi connectivity index (χ0n) is 9.81. The Balaban J connectivity index is 2.93. The fraction of sp³-hybridized carbons (Fsp3) is 0.818. The summed E-state index contributed by atoms with van der Waals surface area (Å²) in [5, 5.41) is 0. The Hall–Kier alpha value is -0.660. The molecule has 1 aliphatic rings. The van der Waals surface area contributed by atoms with Gasteiger partial charge in [-0.3, -0.25) is 0 Å². The lowest BCUT2D eigenvalue weighted by atomic mass is 10.0. The molecule has 0 radical (unpaired) electrons. The summed E-state index contributed by atoms with van der Waals surface area (Å²) in [6, 6.07) is 0. The van der Waals surface area contributed by atoms with Crippen molar-refractivity contribution < 1.29 is 0 Å². The van der Waals surface area contributed by atoms with Crippen LogP contribution in [0.5, 0.6) is 0 Å². The van der Waals surface area contributed by atoms with E-state index in [4.69, 9.17) is 0 Å². The Kier molecular flexibility index (Phi) is 2.60. The standard InChI is InChI=1S/C11H22N2/c1-9-10(2)13(11(3,4)5)8-7-12(9)6/h7-8H2,1-6H3. The second kappa shape index (κ2) is 3.24. The zero-order valence-corrected chi connectivity index (χ0v) is 9.81. The summed E-state index contributed by atoms with van der Waals surface area (Å²) in [7, 11) is 2.17. The number of likely N-dealkylation sites (N-methyl/N-ethyl adjacent to an activating group) is 1. The summed E-state index contributed by atoms with van der Waals surface area (Å²) in [6.45, 7) is 13.5. The third-order valence-corrected chi connectivity index (χ3v) is 2.97. The number of allylic oxidation sites excluding steroid dienone is 2. The van der Waals surface area contributed by atoms with Gasteiger partial charge in [0.15, 0.2) is 0 Å². The fourth-order valence-electron chi connectivity index (χ4n) is 1.90. The number of nitrogens with zero attached hydrogens (tertiary/aromatic N) is 2. The molecule has 1 heterocycles. The van der Waals surface area contributed by atoms with Crippen molar-refractivity contribution in [2.75, 3.05) is 20.1 Å². The maximum Gasteiger partial charge on any atom is 0.0356 e. The molecule has 0 aromatic carbocycles. The molecule has 0 aliphatic carbocycles. The van der Waals surface area contributed by atoms with Gasteiger partial charge in [0.2, 0.25) is 0 Å². The van der Waals surface area contributed by atoms with Crippen LogP contribution in [0, 0.1) is 0 Å².